The number of hydrogen-bond acceptors (Lipinski definition) is 4. The molecule has 132 valence electrons. The highest BCUT2D eigenvalue weighted by atomic mass is 16.6. The molecular formula is C19H28N2O3. The monoisotopic (exact) mass is 332 g/mol. The number of unbranched alkanes of at least 4 members (excludes halogenated alkanes) is 2. The van der Waals surface area contributed by atoms with E-state index in [4.69, 9.17) is 9.47 Å². The number of benzene rings is 1. The number of piperidine rings is 3. The highest BCUT2D eigenvalue weighted by molar-refractivity contribution is 5.85. The topological polar surface area (TPSA) is 50.8 Å². The van der Waals surface area contributed by atoms with E-state index in [0.717, 1.165) is 44.6 Å². The van der Waals surface area contributed by atoms with Crippen LogP contribution in [0.5, 0.6) is 5.75 Å². The molecule has 1 N–H and O–H groups in total. The zero-order valence-corrected chi connectivity index (χ0v) is 14.5. The van der Waals surface area contributed by atoms with Crippen molar-refractivity contribution in [1.82, 2.24) is 4.90 Å². The van der Waals surface area contributed by atoms with Crippen molar-refractivity contribution < 1.29 is 14.3 Å². The first kappa shape index (κ1) is 17.1. The molecule has 3 aliphatic rings. The maximum Gasteiger partial charge on any atom is 0.411 e. The molecule has 0 aliphatic carbocycles. The van der Waals surface area contributed by atoms with Gasteiger partial charge in [-0.1, -0.05) is 25.8 Å². The highest BCUT2D eigenvalue weighted by Gasteiger charge is 2.36. The minimum Gasteiger partial charge on any atom is -0.494 e. The van der Waals surface area contributed by atoms with Crippen LogP contribution in [0.15, 0.2) is 24.3 Å². The summed E-state index contributed by atoms with van der Waals surface area (Å²) in [5.41, 5.74) is 0.717. The van der Waals surface area contributed by atoms with Gasteiger partial charge in [-0.3, -0.25) is 10.2 Å². The molecule has 3 fully saturated rings. The van der Waals surface area contributed by atoms with Crippen molar-refractivity contribution >= 4 is 11.8 Å². The van der Waals surface area contributed by atoms with Gasteiger partial charge in [-0.05, 0) is 50.4 Å². The average Bonchev–Trinajstić information content (AvgIpc) is 2.60. The number of hydrogen-bond donors (Lipinski definition) is 1. The number of amides is 1. The summed E-state index contributed by atoms with van der Waals surface area (Å²) in [6.07, 6.45) is 5.34. The molecule has 0 spiro atoms. The summed E-state index contributed by atoms with van der Waals surface area (Å²) in [4.78, 5) is 14.6. The van der Waals surface area contributed by atoms with E-state index in [1.165, 1.54) is 12.8 Å². The van der Waals surface area contributed by atoms with Crippen LogP contribution in [0.4, 0.5) is 10.5 Å². The van der Waals surface area contributed by atoms with Crippen molar-refractivity contribution in [2.24, 2.45) is 5.92 Å². The molecule has 5 heteroatoms. The predicted octanol–water partition coefficient (Wildman–Crippen LogP) is 3.90. The summed E-state index contributed by atoms with van der Waals surface area (Å²) in [6, 6.07) is 7.51. The lowest BCUT2D eigenvalue weighted by Gasteiger charge is -2.43. The third-order valence-electron chi connectivity index (χ3n) is 4.95. The molecule has 1 aromatic carbocycles. The van der Waals surface area contributed by atoms with Gasteiger partial charge < -0.3 is 9.47 Å². The largest absolute Gasteiger partial charge is 0.494 e. The fourth-order valence-electron chi connectivity index (χ4n) is 3.53. The Morgan fingerprint density at radius 1 is 1.29 bits per heavy atom. The number of nitrogens with zero attached hydrogens (tertiary/aromatic N) is 1. The van der Waals surface area contributed by atoms with Gasteiger partial charge >= 0.3 is 6.09 Å². The lowest BCUT2D eigenvalue weighted by molar-refractivity contribution is -0.0289. The van der Waals surface area contributed by atoms with E-state index in [9.17, 15) is 4.79 Å². The fourth-order valence-corrected chi connectivity index (χ4v) is 3.53. The first-order valence-electron chi connectivity index (χ1n) is 9.17. The van der Waals surface area contributed by atoms with Crippen LogP contribution in [-0.4, -0.2) is 43.3 Å². The minimum atomic E-state index is -0.364. The third-order valence-corrected chi connectivity index (χ3v) is 4.95. The van der Waals surface area contributed by atoms with Crippen molar-refractivity contribution in [1.29, 1.82) is 0 Å². The Morgan fingerprint density at radius 2 is 2.12 bits per heavy atom. The molecule has 4 rings (SSSR count). The van der Waals surface area contributed by atoms with Gasteiger partial charge in [-0.25, -0.2) is 4.79 Å². The summed E-state index contributed by atoms with van der Waals surface area (Å²) < 4.78 is 11.4. The molecule has 0 saturated carbocycles. The van der Waals surface area contributed by atoms with E-state index < -0.39 is 0 Å². The minimum absolute atomic E-state index is 0.0287. The molecule has 3 aliphatic heterocycles. The van der Waals surface area contributed by atoms with Crippen LogP contribution in [0.2, 0.25) is 0 Å². The van der Waals surface area contributed by atoms with Gasteiger partial charge in [0.1, 0.15) is 11.9 Å². The molecular weight excluding hydrogens is 304 g/mol. The van der Waals surface area contributed by atoms with Crippen LogP contribution in [0.25, 0.3) is 0 Å². The van der Waals surface area contributed by atoms with Crippen molar-refractivity contribution in [3.05, 3.63) is 24.3 Å². The Bertz CT molecular complexity index is 541. The van der Waals surface area contributed by atoms with Gasteiger partial charge in [-0.2, -0.15) is 0 Å². The Labute approximate surface area is 144 Å². The SMILES string of the molecule is CCCCCOc1cccc(NC(=O)O[C@H]2CN3CCC2CC3)c1. The molecule has 1 amide bonds. The summed E-state index contributed by atoms with van der Waals surface area (Å²) >= 11 is 0. The molecule has 2 bridgehead atoms. The van der Waals surface area contributed by atoms with Gasteiger partial charge in [0.2, 0.25) is 0 Å². The standard InChI is InChI=1S/C19H28N2O3/c1-2-3-4-12-23-17-7-5-6-16(13-17)20-19(22)24-18-14-21-10-8-15(18)9-11-21/h5-7,13,15,18H,2-4,8-12,14H2,1H3,(H,20,22)/t18-/m0/s1. The van der Waals surface area contributed by atoms with Crippen LogP contribution in [0.1, 0.15) is 39.0 Å². The molecule has 1 aromatic rings. The van der Waals surface area contributed by atoms with Crippen molar-refractivity contribution in [3.63, 3.8) is 0 Å². The number of nitrogens with one attached hydrogen (secondary N) is 1. The number of carbonyl (C=O) groups excluding carboxylic acids is 1. The molecule has 3 heterocycles. The second-order valence-electron chi connectivity index (χ2n) is 6.79. The Kier molecular flexibility index (Phi) is 5.96. The zero-order chi connectivity index (χ0) is 16.8. The van der Waals surface area contributed by atoms with E-state index in [1.807, 2.05) is 24.3 Å². The van der Waals surface area contributed by atoms with Crippen molar-refractivity contribution in [3.8, 4) is 5.75 Å². The molecule has 0 unspecified atom stereocenters. The van der Waals surface area contributed by atoms with Crippen molar-refractivity contribution in [2.75, 3.05) is 31.6 Å². The van der Waals surface area contributed by atoms with E-state index >= 15 is 0 Å². The molecule has 3 saturated heterocycles. The predicted molar refractivity (Wildman–Crippen MR) is 94.5 cm³/mol. The smallest absolute Gasteiger partial charge is 0.411 e. The van der Waals surface area contributed by atoms with Crippen LogP contribution in [0, 0.1) is 5.92 Å². The zero-order valence-electron chi connectivity index (χ0n) is 14.5. The molecule has 0 aromatic heterocycles. The van der Waals surface area contributed by atoms with E-state index in [-0.39, 0.29) is 12.2 Å². The quantitative estimate of drug-likeness (QED) is 0.770. The van der Waals surface area contributed by atoms with Crippen LogP contribution in [-0.2, 0) is 4.74 Å². The number of fused-ring (bicyclic) bond motifs is 3. The summed E-state index contributed by atoms with van der Waals surface area (Å²) in [7, 11) is 0. The molecule has 24 heavy (non-hydrogen) atoms. The summed E-state index contributed by atoms with van der Waals surface area (Å²) in [6.45, 7) is 6.04. The Balaban J connectivity index is 1.47. The Hall–Kier alpha value is -1.75. The van der Waals surface area contributed by atoms with E-state index in [2.05, 4.69) is 17.1 Å². The number of rotatable bonds is 7. The maximum absolute atomic E-state index is 12.2. The molecule has 1 atom stereocenters. The highest BCUT2D eigenvalue weighted by Crippen LogP contribution is 2.29. The summed E-state index contributed by atoms with van der Waals surface area (Å²) in [5, 5.41) is 2.83. The lowest BCUT2D eigenvalue weighted by Crippen LogP contribution is -2.52. The summed E-state index contributed by atoms with van der Waals surface area (Å²) in [5.74, 6) is 1.31. The first-order chi connectivity index (χ1) is 11.7. The van der Waals surface area contributed by atoms with Gasteiger partial charge in [-0.15, -0.1) is 0 Å². The van der Waals surface area contributed by atoms with E-state index in [0.29, 0.717) is 18.2 Å². The average molecular weight is 332 g/mol. The van der Waals surface area contributed by atoms with Crippen LogP contribution < -0.4 is 10.1 Å². The van der Waals surface area contributed by atoms with Gasteiger partial charge in [0.25, 0.3) is 0 Å². The second-order valence-corrected chi connectivity index (χ2v) is 6.79. The van der Waals surface area contributed by atoms with Crippen LogP contribution >= 0.6 is 0 Å². The Morgan fingerprint density at radius 3 is 2.83 bits per heavy atom. The van der Waals surface area contributed by atoms with Gasteiger partial charge in [0.05, 0.1) is 6.61 Å². The third kappa shape index (κ3) is 4.63. The normalized spacial score (nSPS) is 25.3. The van der Waals surface area contributed by atoms with Gasteiger partial charge in [0, 0.05) is 18.3 Å². The van der Waals surface area contributed by atoms with E-state index in [1.54, 1.807) is 0 Å². The second kappa shape index (κ2) is 8.38. The molecule has 5 nitrogen and oxygen atoms in total. The van der Waals surface area contributed by atoms with Gasteiger partial charge in [0.15, 0.2) is 0 Å². The maximum atomic E-state index is 12.2. The number of carbonyl (C=O) groups is 1. The number of ether oxygens (including phenoxy) is 2. The number of anilines is 1. The lowest BCUT2D eigenvalue weighted by atomic mass is 9.86. The molecule has 0 radical (unpaired) electrons. The van der Waals surface area contributed by atoms with Crippen molar-refractivity contribution in [2.45, 2.75) is 45.1 Å². The van der Waals surface area contributed by atoms with Crippen LogP contribution in [0.3, 0.4) is 0 Å². The fraction of sp³-hybridized carbons (Fsp3) is 0.632. The first-order valence-corrected chi connectivity index (χ1v) is 9.17.